The van der Waals surface area contributed by atoms with Crippen LogP contribution in [0.4, 0.5) is 9.59 Å². The number of H-pyrrole nitrogens is 2. The maximum atomic E-state index is 14.7. The lowest BCUT2D eigenvalue weighted by atomic mass is 9.90. The second-order valence-corrected chi connectivity index (χ2v) is 19.9. The first kappa shape index (κ1) is 47.7. The number of imidazole rings is 2. The van der Waals surface area contributed by atoms with Gasteiger partial charge in [0.2, 0.25) is 5.91 Å². The van der Waals surface area contributed by atoms with Crippen LogP contribution < -0.4 is 10.6 Å². The third-order valence-corrected chi connectivity index (χ3v) is 15.4. The normalized spacial score (nSPS) is 19.9. The van der Waals surface area contributed by atoms with E-state index in [-0.39, 0.29) is 35.7 Å². The molecule has 0 radical (unpaired) electrons. The third kappa shape index (κ3) is 9.76. The number of carbonyl (C=O) groups is 4. The standard InChI is InChI=1S/C56H64N8O7/c1-5-33(2)47(61-55(67)69-3)53(65)63-26-12-17-45(63)51-57-43-24-20-39-28-37(18-22-41(39)49(43)59-51)38-19-23-42-40(29-38)21-25-44-50(42)60-52(58-44)46-27-35(32-71-31-34-13-8-6-9-14-34)30-64(46)54(66)48(62-56(68)70-4)36-15-10-7-11-16-36/h7,10-11,15-16,18-25,28-29,33-35,45-48H,5-6,8-9,12-14,17,26-27,30-32H2,1-4H3,(H,57,59)(H,58,60)(H,61,67)(H,62,68)/t33-,35-,45-,46-,47-,48+/m0/s1. The summed E-state index contributed by atoms with van der Waals surface area (Å²) in [7, 11) is 2.61. The number of hydrogen-bond acceptors (Lipinski definition) is 9. The Balaban J connectivity index is 0.911. The van der Waals surface area contributed by atoms with Gasteiger partial charge in [0.25, 0.3) is 5.91 Å². The smallest absolute Gasteiger partial charge is 0.407 e. The summed E-state index contributed by atoms with van der Waals surface area (Å²) in [6.07, 6.45) is 7.93. The summed E-state index contributed by atoms with van der Waals surface area (Å²) in [5.74, 6) is 1.69. The van der Waals surface area contributed by atoms with Gasteiger partial charge in [-0.25, -0.2) is 19.6 Å². The van der Waals surface area contributed by atoms with Crippen LogP contribution in [0.25, 0.3) is 54.7 Å². The average molecular weight is 961 g/mol. The largest absolute Gasteiger partial charge is 0.453 e. The van der Waals surface area contributed by atoms with Crippen LogP contribution in [0, 0.1) is 17.8 Å². The number of carbonyl (C=O) groups excluding carboxylic acids is 4. The number of aromatic amines is 2. The average Bonchev–Trinajstić information content (AvgIpc) is 4.25. The third-order valence-electron chi connectivity index (χ3n) is 15.4. The van der Waals surface area contributed by atoms with Gasteiger partial charge in [-0.15, -0.1) is 0 Å². The van der Waals surface area contributed by atoms with E-state index in [9.17, 15) is 19.2 Å². The number of alkyl carbamates (subject to hydrolysis) is 2. The van der Waals surface area contributed by atoms with E-state index in [1.165, 1.54) is 46.3 Å². The molecule has 1 saturated carbocycles. The van der Waals surface area contributed by atoms with Crippen molar-refractivity contribution in [3.63, 3.8) is 0 Å². The van der Waals surface area contributed by atoms with E-state index in [0.717, 1.165) is 86.4 Å². The molecule has 3 fully saturated rings. The van der Waals surface area contributed by atoms with Crippen LogP contribution in [0.1, 0.15) is 107 Å². The zero-order valence-corrected chi connectivity index (χ0v) is 41.0. The van der Waals surface area contributed by atoms with Crippen molar-refractivity contribution in [2.75, 3.05) is 40.5 Å². The molecular weight excluding hydrogens is 897 g/mol. The monoisotopic (exact) mass is 960 g/mol. The lowest BCUT2D eigenvalue weighted by Gasteiger charge is -2.30. The summed E-state index contributed by atoms with van der Waals surface area (Å²) < 4.78 is 16.2. The van der Waals surface area contributed by atoms with Gasteiger partial charge in [-0.2, -0.15) is 0 Å². The molecule has 1 aliphatic carbocycles. The highest BCUT2D eigenvalue weighted by atomic mass is 16.5. The number of hydrogen-bond donors (Lipinski definition) is 4. The second-order valence-electron chi connectivity index (χ2n) is 19.9. The number of methoxy groups -OCH3 is 2. The molecule has 4 amide bonds. The number of amides is 4. The number of rotatable bonds is 14. The molecule has 2 saturated heterocycles. The van der Waals surface area contributed by atoms with Gasteiger partial charge in [-0.05, 0) is 95.7 Å². The van der Waals surface area contributed by atoms with E-state index in [1.807, 2.05) is 66.1 Å². The highest BCUT2D eigenvalue weighted by molar-refractivity contribution is 6.07. The number of nitrogens with zero attached hydrogens (tertiary/aromatic N) is 4. The molecule has 3 aliphatic rings. The van der Waals surface area contributed by atoms with E-state index in [0.29, 0.717) is 43.4 Å². The van der Waals surface area contributed by atoms with Crippen LogP contribution in [0.3, 0.4) is 0 Å². The van der Waals surface area contributed by atoms with Crippen molar-refractivity contribution in [3.05, 3.63) is 108 Å². The first-order valence-electron chi connectivity index (χ1n) is 25.4. The van der Waals surface area contributed by atoms with Crippen LogP contribution in [0.2, 0.25) is 0 Å². The molecule has 4 heterocycles. The lowest BCUT2D eigenvalue weighted by Crippen LogP contribution is -2.51. The van der Waals surface area contributed by atoms with Gasteiger partial charge >= 0.3 is 12.2 Å². The molecule has 71 heavy (non-hydrogen) atoms. The summed E-state index contributed by atoms with van der Waals surface area (Å²) in [4.78, 5) is 74.7. The predicted molar refractivity (Wildman–Crippen MR) is 273 cm³/mol. The van der Waals surface area contributed by atoms with Gasteiger partial charge in [-0.3, -0.25) is 9.59 Å². The molecule has 15 heteroatoms. The van der Waals surface area contributed by atoms with Crippen LogP contribution in [-0.2, 0) is 23.8 Å². The number of fused-ring (bicyclic) bond motifs is 6. The number of aromatic nitrogens is 4. The molecule has 7 aromatic rings. The van der Waals surface area contributed by atoms with Crippen LogP contribution >= 0.6 is 0 Å². The molecule has 4 N–H and O–H groups in total. The molecule has 2 aliphatic heterocycles. The van der Waals surface area contributed by atoms with E-state index < -0.39 is 24.3 Å². The van der Waals surface area contributed by atoms with E-state index in [2.05, 4.69) is 69.1 Å². The van der Waals surface area contributed by atoms with Gasteiger partial charge in [0.15, 0.2) is 0 Å². The molecule has 0 bridgehead atoms. The van der Waals surface area contributed by atoms with Gasteiger partial charge in [-0.1, -0.05) is 106 Å². The number of ether oxygens (including phenoxy) is 3. The molecular formula is C56H64N8O7. The van der Waals surface area contributed by atoms with E-state index in [1.54, 1.807) is 0 Å². The van der Waals surface area contributed by atoms with Gasteiger partial charge < -0.3 is 44.6 Å². The first-order chi connectivity index (χ1) is 34.6. The fourth-order valence-electron chi connectivity index (χ4n) is 11.3. The topological polar surface area (TPSA) is 184 Å². The summed E-state index contributed by atoms with van der Waals surface area (Å²) in [6.45, 7) is 6.31. The molecule has 5 aromatic carbocycles. The molecule has 2 aromatic heterocycles. The molecule has 370 valence electrons. The highest BCUT2D eigenvalue weighted by Gasteiger charge is 2.42. The fraction of sp³-hybridized carbons (Fsp3) is 0.429. The number of likely N-dealkylation sites (tertiary alicyclic amines) is 2. The zero-order chi connectivity index (χ0) is 49.2. The Hall–Kier alpha value is -7.00. The Morgan fingerprint density at radius 3 is 1.90 bits per heavy atom. The van der Waals surface area contributed by atoms with Crippen LogP contribution in [-0.4, -0.2) is 100 Å². The first-order valence-corrected chi connectivity index (χ1v) is 25.4. The lowest BCUT2D eigenvalue weighted by molar-refractivity contribution is -0.136. The summed E-state index contributed by atoms with van der Waals surface area (Å²) in [6, 6.07) is 28.2. The Morgan fingerprint density at radius 1 is 0.676 bits per heavy atom. The number of nitrogens with one attached hydrogen (secondary N) is 4. The molecule has 0 spiro atoms. The van der Waals surface area contributed by atoms with Gasteiger partial charge in [0.1, 0.15) is 23.7 Å². The maximum Gasteiger partial charge on any atom is 0.407 e. The molecule has 6 atom stereocenters. The second kappa shape index (κ2) is 20.8. The number of benzene rings is 5. The Bertz CT molecular complexity index is 3070. The molecule has 15 nitrogen and oxygen atoms in total. The van der Waals surface area contributed by atoms with Crippen molar-refractivity contribution in [3.8, 4) is 11.1 Å². The minimum absolute atomic E-state index is 0.0705. The van der Waals surface area contributed by atoms with Crippen molar-refractivity contribution in [2.24, 2.45) is 17.8 Å². The minimum Gasteiger partial charge on any atom is -0.453 e. The van der Waals surface area contributed by atoms with Gasteiger partial charge in [0, 0.05) is 36.4 Å². The molecule has 0 unspecified atom stereocenters. The molecule has 10 rings (SSSR count). The summed E-state index contributed by atoms with van der Waals surface area (Å²) >= 11 is 0. The fourth-order valence-corrected chi connectivity index (χ4v) is 11.3. The van der Waals surface area contributed by atoms with Crippen LogP contribution in [0.5, 0.6) is 0 Å². The quantitative estimate of drug-likeness (QED) is 0.0824. The Labute approximate surface area is 413 Å². The summed E-state index contributed by atoms with van der Waals surface area (Å²) in [5, 5.41) is 9.75. The van der Waals surface area contributed by atoms with E-state index >= 15 is 0 Å². The zero-order valence-electron chi connectivity index (χ0n) is 41.0. The van der Waals surface area contributed by atoms with Crippen molar-refractivity contribution < 1.29 is 33.4 Å². The maximum absolute atomic E-state index is 14.7. The van der Waals surface area contributed by atoms with Crippen molar-refractivity contribution in [2.45, 2.75) is 95.8 Å². The van der Waals surface area contributed by atoms with E-state index in [4.69, 9.17) is 24.2 Å². The Morgan fingerprint density at radius 2 is 1.28 bits per heavy atom. The predicted octanol–water partition coefficient (Wildman–Crippen LogP) is 10.4. The highest BCUT2D eigenvalue weighted by Crippen LogP contribution is 2.40. The van der Waals surface area contributed by atoms with Crippen molar-refractivity contribution in [1.82, 2.24) is 40.4 Å². The van der Waals surface area contributed by atoms with Crippen molar-refractivity contribution >= 4 is 67.6 Å². The van der Waals surface area contributed by atoms with Crippen LogP contribution in [0.15, 0.2) is 91.0 Å². The minimum atomic E-state index is -0.943. The van der Waals surface area contributed by atoms with Gasteiger partial charge in [0.05, 0.1) is 55.0 Å². The van der Waals surface area contributed by atoms with Crippen molar-refractivity contribution in [1.29, 1.82) is 0 Å². The summed E-state index contributed by atoms with van der Waals surface area (Å²) in [5.41, 5.74) is 6.26. The Kier molecular flexibility index (Phi) is 13.9. The SMILES string of the molecule is CC[C@H](C)[C@H](NC(=O)OC)C(=O)N1CCC[C@H]1c1nc2ccc3cc(-c4ccc5c(ccc6nc([C@@H]7C[C@H](COCC8CCCCC8)CN7C(=O)[C@H](NC(=O)OC)c7ccccc7)[nH]c65)c4)ccc3c2[nH]1.